The van der Waals surface area contributed by atoms with Gasteiger partial charge in [0.25, 0.3) is 5.56 Å². The lowest BCUT2D eigenvalue weighted by molar-refractivity contribution is -0.129. The average Bonchev–Trinajstić information content (AvgIpc) is 3.17. The smallest absolute Gasteiger partial charge is 0.409 e. The molecule has 1 aromatic heterocycles. The summed E-state index contributed by atoms with van der Waals surface area (Å²) in [5.41, 5.74) is 3.66. The summed E-state index contributed by atoms with van der Waals surface area (Å²) in [4.78, 5) is 47.3. The monoisotopic (exact) mass is 502 g/mol. The Labute approximate surface area is 208 Å². The Morgan fingerprint density at radius 3 is 2.41 bits per heavy atom. The van der Waals surface area contributed by atoms with E-state index in [0.717, 1.165) is 28.9 Å². The molecule has 4 rings (SSSR count). The fraction of sp³-hybridized carbons (Fsp3) is 0.500. The van der Waals surface area contributed by atoms with Gasteiger partial charge in [-0.25, -0.2) is 9.78 Å². The molecule has 10 heteroatoms. The summed E-state index contributed by atoms with van der Waals surface area (Å²) in [5, 5.41) is 0.849. The molecule has 0 aliphatic carbocycles. The van der Waals surface area contributed by atoms with Crippen molar-refractivity contribution in [1.29, 1.82) is 0 Å². The van der Waals surface area contributed by atoms with Gasteiger partial charge >= 0.3 is 6.09 Å². The minimum atomic E-state index is -0.337. The van der Waals surface area contributed by atoms with Crippen LogP contribution in [0.4, 0.5) is 4.79 Å². The standard InChI is InChI=1S/C24H30N4O4S2/c1-5-32-24(31)27-8-6-26(7-9-27)20(29)14-33-23-25-19-13-17(4)34-21(19)22(30)28(23)18-11-15(2)10-16(3)12-18/h10-12,17H,5-9,13-14H2,1-4H3. The molecule has 8 nitrogen and oxygen atoms in total. The van der Waals surface area contributed by atoms with Crippen LogP contribution in [-0.4, -0.2) is 75.1 Å². The molecule has 1 atom stereocenters. The van der Waals surface area contributed by atoms with Gasteiger partial charge in [0.2, 0.25) is 5.91 Å². The number of hydrogen-bond donors (Lipinski definition) is 0. The van der Waals surface area contributed by atoms with Crippen molar-refractivity contribution in [2.24, 2.45) is 0 Å². The summed E-state index contributed by atoms with van der Waals surface area (Å²) >= 11 is 2.87. The number of amides is 2. The van der Waals surface area contributed by atoms with E-state index >= 15 is 0 Å². The minimum absolute atomic E-state index is 0.0297. The highest BCUT2D eigenvalue weighted by Crippen LogP contribution is 2.35. The molecule has 34 heavy (non-hydrogen) atoms. The lowest BCUT2D eigenvalue weighted by Gasteiger charge is -2.34. The van der Waals surface area contributed by atoms with Gasteiger partial charge < -0.3 is 14.5 Å². The summed E-state index contributed by atoms with van der Waals surface area (Å²) in [5.74, 6) is 0.149. The number of ether oxygens (including phenoxy) is 1. The number of piperazine rings is 1. The molecular formula is C24H30N4O4S2. The lowest BCUT2D eigenvalue weighted by atomic mass is 10.1. The third-order valence-corrected chi connectivity index (χ3v) is 7.97. The minimum Gasteiger partial charge on any atom is -0.450 e. The second-order valence-electron chi connectivity index (χ2n) is 8.64. The van der Waals surface area contributed by atoms with Crippen molar-refractivity contribution in [3.8, 4) is 5.69 Å². The highest BCUT2D eigenvalue weighted by atomic mass is 32.2. The van der Waals surface area contributed by atoms with Crippen molar-refractivity contribution < 1.29 is 14.3 Å². The number of fused-ring (bicyclic) bond motifs is 1. The van der Waals surface area contributed by atoms with Crippen LogP contribution in [0.15, 0.2) is 33.0 Å². The summed E-state index contributed by atoms with van der Waals surface area (Å²) in [7, 11) is 0. The fourth-order valence-electron chi connectivity index (χ4n) is 4.27. The van der Waals surface area contributed by atoms with E-state index in [1.807, 2.05) is 26.0 Å². The molecule has 1 aromatic carbocycles. The van der Waals surface area contributed by atoms with Crippen molar-refractivity contribution in [2.75, 3.05) is 38.5 Å². The number of benzene rings is 1. The second-order valence-corrected chi connectivity index (χ2v) is 11.0. The van der Waals surface area contributed by atoms with Gasteiger partial charge in [-0.1, -0.05) is 24.8 Å². The van der Waals surface area contributed by atoms with Crippen LogP contribution >= 0.6 is 23.5 Å². The molecule has 3 heterocycles. The third-order valence-electron chi connectivity index (χ3n) is 5.83. The Morgan fingerprint density at radius 1 is 1.12 bits per heavy atom. The van der Waals surface area contributed by atoms with Crippen molar-refractivity contribution in [1.82, 2.24) is 19.4 Å². The molecule has 1 unspecified atom stereocenters. The van der Waals surface area contributed by atoms with Gasteiger partial charge in [0.05, 0.1) is 28.6 Å². The molecule has 2 aliphatic heterocycles. The second kappa shape index (κ2) is 10.4. The highest BCUT2D eigenvalue weighted by molar-refractivity contribution is 8.00. The van der Waals surface area contributed by atoms with E-state index in [2.05, 4.69) is 13.0 Å². The SMILES string of the molecule is CCOC(=O)N1CCN(C(=O)CSc2nc3c(c(=O)n2-c2cc(C)cc(C)c2)SC(C)C3)CC1. The molecule has 182 valence electrons. The average molecular weight is 503 g/mol. The summed E-state index contributed by atoms with van der Waals surface area (Å²) in [6, 6.07) is 6.02. The van der Waals surface area contributed by atoms with Gasteiger partial charge in [-0.05, 0) is 44.0 Å². The van der Waals surface area contributed by atoms with Crippen LogP contribution in [0.2, 0.25) is 0 Å². The van der Waals surface area contributed by atoms with E-state index in [1.165, 1.54) is 11.8 Å². The predicted octanol–water partition coefficient (Wildman–Crippen LogP) is 3.28. The lowest BCUT2D eigenvalue weighted by Crippen LogP contribution is -2.51. The van der Waals surface area contributed by atoms with Gasteiger partial charge in [0, 0.05) is 37.8 Å². The molecule has 0 N–H and O–H groups in total. The number of hydrogen-bond acceptors (Lipinski definition) is 7. The van der Waals surface area contributed by atoms with E-state index in [-0.39, 0.29) is 23.3 Å². The Hall–Kier alpha value is -2.46. The van der Waals surface area contributed by atoms with Crippen molar-refractivity contribution >= 4 is 35.5 Å². The molecule has 0 radical (unpaired) electrons. The normalized spacial score (nSPS) is 17.6. The molecule has 2 amide bonds. The summed E-state index contributed by atoms with van der Waals surface area (Å²) < 4.78 is 6.70. The maximum Gasteiger partial charge on any atom is 0.409 e. The summed E-state index contributed by atoms with van der Waals surface area (Å²) in [6.45, 7) is 10.1. The predicted molar refractivity (Wildman–Crippen MR) is 134 cm³/mol. The first-order chi connectivity index (χ1) is 16.3. The quantitative estimate of drug-likeness (QED) is 0.458. The van der Waals surface area contributed by atoms with E-state index in [4.69, 9.17) is 9.72 Å². The van der Waals surface area contributed by atoms with Gasteiger partial charge in [0.1, 0.15) is 0 Å². The first-order valence-electron chi connectivity index (χ1n) is 11.5. The summed E-state index contributed by atoms with van der Waals surface area (Å²) in [6.07, 6.45) is 0.413. The van der Waals surface area contributed by atoms with Gasteiger partial charge in [0.15, 0.2) is 5.16 Å². The van der Waals surface area contributed by atoms with Crippen LogP contribution in [0.5, 0.6) is 0 Å². The molecule has 2 aromatic rings. The number of rotatable bonds is 5. The molecule has 2 aliphatic rings. The zero-order valence-electron chi connectivity index (χ0n) is 20.0. The zero-order valence-corrected chi connectivity index (χ0v) is 21.6. The Kier molecular flexibility index (Phi) is 7.57. The fourth-order valence-corrected chi connectivity index (χ4v) is 6.30. The number of carbonyl (C=O) groups excluding carboxylic acids is 2. The molecule has 1 fully saturated rings. The van der Waals surface area contributed by atoms with Crippen LogP contribution < -0.4 is 5.56 Å². The topological polar surface area (TPSA) is 84.7 Å². The number of aryl methyl sites for hydroxylation is 2. The van der Waals surface area contributed by atoms with Crippen LogP contribution in [0.3, 0.4) is 0 Å². The van der Waals surface area contributed by atoms with Crippen LogP contribution in [0.1, 0.15) is 30.7 Å². The zero-order chi connectivity index (χ0) is 24.4. The maximum absolute atomic E-state index is 13.5. The molecule has 1 saturated heterocycles. The largest absolute Gasteiger partial charge is 0.450 e. The molecular weight excluding hydrogens is 472 g/mol. The van der Waals surface area contributed by atoms with Gasteiger partial charge in [-0.3, -0.25) is 14.2 Å². The first kappa shape index (κ1) is 24.7. The maximum atomic E-state index is 13.5. The highest BCUT2D eigenvalue weighted by Gasteiger charge is 2.28. The van der Waals surface area contributed by atoms with Crippen LogP contribution in [0.25, 0.3) is 5.69 Å². The number of nitrogens with zero attached hydrogens (tertiary/aromatic N) is 4. The van der Waals surface area contributed by atoms with Gasteiger partial charge in [-0.2, -0.15) is 0 Å². The number of aromatic nitrogens is 2. The van der Waals surface area contributed by atoms with Gasteiger partial charge in [-0.15, -0.1) is 11.8 Å². The third kappa shape index (κ3) is 5.27. The van der Waals surface area contributed by atoms with Crippen LogP contribution in [-0.2, 0) is 16.0 Å². The Balaban J connectivity index is 1.54. The van der Waals surface area contributed by atoms with Crippen molar-refractivity contribution in [3.63, 3.8) is 0 Å². The Morgan fingerprint density at radius 2 is 1.76 bits per heavy atom. The van der Waals surface area contributed by atoms with E-state index in [0.29, 0.717) is 48.1 Å². The van der Waals surface area contributed by atoms with E-state index in [1.54, 1.807) is 33.1 Å². The Bertz CT molecular complexity index is 1140. The number of carbonyl (C=O) groups is 2. The van der Waals surface area contributed by atoms with Crippen molar-refractivity contribution in [3.05, 3.63) is 45.4 Å². The molecule has 0 bridgehead atoms. The first-order valence-corrected chi connectivity index (χ1v) is 13.4. The molecule has 0 saturated carbocycles. The van der Waals surface area contributed by atoms with Crippen LogP contribution in [0, 0.1) is 13.8 Å². The number of thioether (sulfide) groups is 2. The van der Waals surface area contributed by atoms with E-state index in [9.17, 15) is 14.4 Å². The van der Waals surface area contributed by atoms with E-state index < -0.39 is 0 Å². The van der Waals surface area contributed by atoms with Crippen molar-refractivity contribution in [2.45, 2.75) is 49.4 Å². The molecule has 0 spiro atoms.